The quantitative estimate of drug-likeness (QED) is 0.790. The predicted octanol–water partition coefficient (Wildman–Crippen LogP) is -0.365. The van der Waals surface area contributed by atoms with E-state index in [2.05, 4.69) is 15.5 Å². The van der Waals surface area contributed by atoms with E-state index in [0.29, 0.717) is 37.6 Å². The van der Waals surface area contributed by atoms with Crippen molar-refractivity contribution >= 4 is 10.0 Å². The van der Waals surface area contributed by atoms with Gasteiger partial charge in [-0.1, -0.05) is 0 Å². The summed E-state index contributed by atoms with van der Waals surface area (Å²) >= 11 is 0. The number of nitrogens with zero attached hydrogens (tertiary/aromatic N) is 2. The van der Waals surface area contributed by atoms with Gasteiger partial charge in [-0.05, 0) is 20.9 Å². The Morgan fingerprint density at radius 1 is 1.53 bits per heavy atom. The van der Waals surface area contributed by atoms with Gasteiger partial charge in [0.05, 0.1) is 24.1 Å². The molecule has 2 N–H and O–H groups in total. The second kappa shape index (κ2) is 5.58. The Labute approximate surface area is 113 Å². The molecule has 1 atom stereocenters. The largest absolute Gasteiger partial charge is 0.374 e. The van der Waals surface area contributed by atoms with Crippen LogP contribution in [-0.4, -0.2) is 62.3 Å². The molecule has 7 nitrogen and oxygen atoms in total. The van der Waals surface area contributed by atoms with Gasteiger partial charge in [-0.15, -0.1) is 0 Å². The van der Waals surface area contributed by atoms with Crippen molar-refractivity contribution in [2.24, 2.45) is 0 Å². The molecule has 1 aromatic heterocycles. The maximum atomic E-state index is 12.6. The number of H-pyrrole nitrogens is 1. The molecular formula is C11H20N4O3S. The summed E-state index contributed by atoms with van der Waals surface area (Å²) in [6.45, 7) is 5.22. The van der Waals surface area contributed by atoms with Crippen LogP contribution in [0, 0.1) is 13.8 Å². The molecule has 2 rings (SSSR count). The molecule has 0 bridgehead atoms. The number of hydrogen-bond acceptors (Lipinski definition) is 5. The van der Waals surface area contributed by atoms with E-state index in [4.69, 9.17) is 4.74 Å². The second-order valence-corrected chi connectivity index (χ2v) is 6.55. The molecule has 1 aliphatic rings. The van der Waals surface area contributed by atoms with Crippen LogP contribution in [0.15, 0.2) is 4.90 Å². The lowest BCUT2D eigenvalue weighted by atomic mass is 10.3. The van der Waals surface area contributed by atoms with Gasteiger partial charge < -0.3 is 10.1 Å². The summed E-state index contributed by atoms with van der Waals surface area (Å²) in [5.74, 6) is 0. The number of aryl methyl sites for hydroxylation is 2. The van der Waals surface area contributed by atoms with E-state index in [0.717, 1.165) is 0 Å². The van der Waals surface area contributed by atoms with Crippen LogP contribution in [0.2, 0.25) is 0 Å². The molecule has 0 amide bonds. The van der Waals surface area contributed by atoms with Gasteiger partial charge in [0, 0.05) is 19.6 Å². The zero-order valence-electron chi connectivity index (χ0n) is 11.4. The van der Waals surface area contributed by atoms with E-state index in [1.54, 1.807) is 13.8 Å². The third kappa shape index (κ3) is 2.81. The second-order valence-electron chi connectivity index (χ2n) is 4.68. The number of aromatic nitrogens is 2. The van der Waals surface area contributed by atoms with Gasteiger partial charge in [0.25, 0.3) is 0 Å². The SMILES string of the molecule is CNCC1CN(S(=O)(=O)c2c(C)n[nH]c2C)CCO1. The van der Waals surface area contributed by atoms with Gasteiger partial charge in [0.2, 0.25) is 10.0 Å². The van der Waals surface area contributed by atoms with Crippen LogP contribution in [0.5, 0.6) is 0 Å². The maximum Gasteiger partial charge on any atom is 0.246 e. The van der Waals surface area contributed by atoms with Gasteiger partial charge >= 0.3 is 0 Å². The van der Waals surface area contributed by atoms with E-state index in [1.807, 2.05) is 7.05 Å². The number of nitrogens with one attached hydrogen (secondary N) is 2. The molecule has 108 valence electrons. The molecule has 0 radical (unpaired) electrons. The first-order chi connectivity index (χ1) is 8.96. The van der Waals surface area contributed by atoms with Crippen LogP contribution >= 0.6 is 0 Å². The van der Waals surface area contributed by atoms with Gasteiger partial charge in [-0.25, -0.2) is 8.42 Å². The van der Waals surface area contributed by atoms with Gasteiger partial charge in [0.1, 0.15) is 4.90 Å². The fraction of sp³-hybridized carbons (Fsp3) is 0.727. The van der Waals surface area contributed by atoms with E-state index < -0.39 is 10.0 Å². The standard InChI is InChI=1S/C11H20N4O3S/c1-8-11(9(2)14-13-8)19(16,17)15-4-5-18-10(7-15)6-12-3/h10,12H,4-7H2,1-3H3,(H,13,14). The van der Waals surface area contributed by atoms with Crippen molar-refractivity contribution in [3.63, 3.8) is 0 Å². The monoisotopic (exact) mass is 288 g/mol. The summed E-state index contributed by atoms with van der Waals surface area (Å²) in [4.78, 5) is 0.289. The maximum absolute atomic E-state index is 12.6. The van der Waals surface area contributed by atoms with Crippen molar-refractivity contribution in [2.75, 3.05) is 33.3 Å². The number of likely N-dealkylation sites (N-methyl/N-ethyl adjacent to an activating group) is 1. The lowest BCUT2D eigenvalue weighted by molar-refractivity contribution is 0.000803. The molecule has 0 saturated carbocycles. The number of aromatic amines is 1. The van der Waals surface area contributed by atoms with E-state index in [-0.39, 0.29) is 11.0 Å². The number of ether oxygens (including phenoxy) is 1. The van der Waals surface area contributed by atoms with Crippen LogP contribution in [0.25, 0.3) is 0 Å². The third-order valence-electron chi connectivity index (χ3n) is 3.19. The Balaban J connectivity index is 2.25. The highest BCUT2D eigenvalue weighted by Crippen LogP contribution is 2.23. The summed E-state index contributed by atoms with van der Waals surface area (Å²) in [7, 11) is -1.68. The molecule has 1 aromatic rings. The molecule has 1 unspecified atom stereocenters. The molecule has 2 heterocycles. The first-order valence-corrected chi connectivity index (χ1v) is 7.68. The van der Waals surface area contributed by atoms with E-state index in [9.17, 15) is 8.42 Å². The summed E-state index contributed by atoms with van der Waals surface area (Å²) in [5.41, 5.74) is 1.09. The topological polar surface area (TPSA) is 87.3 Å². The molecule has 0 aliphatic carbocycles. The highest BCUT2D eigenvalue weighted by Gasteiger charge is 2.33. The minimum atomic E-state index is -3.50. The van der Waals surface area contributed by atoms with Crippen molar-refractivity contribution in [3.8, 4) is 0 Å². The molecular weight excluding hydrogens is 268 g/mol. The lowest BCUT2D eigenvalue weighted by Crippen LogP contribution is -2.48. The minimum absolute atomic E-state index is 0.110. The van der Waals surface area contributed by atoms with E-state index >= 15 is 0 Å². The lowest BCUT2D eigenvalue weighted by Gasteiger charge is -2.32. The highest BCUT2D eigenvalue weighted by molar-refractivity contribution is 7.89. The van der Waals surface area contributed by atoms with Crippen molar-refractivity contribution in [2.45, 2.75) is 24.8 Å². The summed E-state index contributed by atoms with van der Waals surface area (Å²) < 4.78 is 32.3. The Morgan fingerprint density at radius 3 is 2.84 bits per heavy atom. The smallest absolute Gasteiger partial charge is 0.246 e. The number of hydrogen-bond donors (Lipinski definition) is 2. The Hall–Kier alpha value is -0.960. The van der Waals surface area contributed by atoms with Crippen LogP contribution in [-0.2, 0) is 14.8 Å². The molecule has 8 heteroatoms. The van der Waals surface area contributed by atoms with Crippen LogP contribution in [0.4, 0.5) is 0 Å². The van der Waals surface area contributed by atoms with Crippen LogP contribution in [0.1, 0.15) is 11.4 Å². The first-order valence-electron chi connectivity index (χ1n) is 6.24. The van der Waals surface area contributed by atoms with Crippen molar-refractivity contribution < 1.29 is 13.2 Å². The van der Waals surface area contributed by atoms with Crippen molar-refractivity contribution in [1.82, 2.24) is 19.8 Å². The molecule has 0 aromatic carbocycles. The minimum Gasteiger partial charge on any atom is -0.374 e. The predicted molar refractivity (Wildman–Crippen MR) is 70.5 cm³/mol. The zero-order chi connectivity index (χ0) is 14.0. The molecule has 19 heavy (non-hydrogen) atoms. The summed E-state index contributed by atoms with van der Waals surface area (Å²) in [6, 6.07) is 0. The average Bonchev–Trinajstić information content (AvgIpc) is 2.70. The van der Waals surface area contributed by atoms with Gasteiger partial charge in [-0.3, -0.25) is 5.10 Å². The zero-order valence-corrected chi connectivity index (χ0v) is 12.2. The van der Waals surface area contributed by atoms with Crippen molar-refractivity contribution in [3.05, 3.63) is 11.4 Å². The molecule has 1 saturated heterocycles. The molecule has 1 fully saturated rings. The van der Waals surface area contributed by atoms with E-state index in [1.165, 1.54) is 4.31 Å². The first kappa shape index (κ1) is 14.4. The summed E-state index contributed by atoms with van der Waals surface area (Å²) in [6.07, 6.45) is -0.110. The average molecular weight is 288 g/mol. The number of sulfonamides is 1. The normalized spacial score (nSPS) is 21.7. The Kier molecular flexibility index (Phi) is 4.24. The fourth-order valence-corrected chi connectivity index (χ4v) is 4.10. The molecule has 1 aliphatic heterocycles. The van der Waals surface area contributed by atoms with Crippen molar-refractivity contribution in [1.29, 1.82) is 0 Å². The Morgan fingerprint density at radius 2 is 2.26 bits per heavy atom. The Bertz CT molecular complexity index is 519. The molecule has 0 spiro atoms. The van der Waals surface area contributed by atoms with Crippen LogP contribution in [0.3, 0.4) is 0 Å². The number of rotatable bonds is 4. The third-order valence-corrected chi connectivity index (χ3v) is 5.32. The summed E-state index contributed by atoms with van der Waals surface area (Å²) in [5, 5.41) is 9.68. The fourth-order valence-electron chi connectivity index (χ4n) is 2.31. The highest BCUT2D eigenvalue weighted by atomic mass is 32.2. The van der Waals surface area contributed by atoms with Gasteiger partial charge in [-0.2, -0.15) is 9.40 Å². The van der Waals surface area contributed by atoms with Gasteiger partial charge in [0.15, 0.2) is 0 Å². The van der Waals surface area contributed by atoms with Crippen LogP contribution < -0.4 is 5.32 Å². The number of morpholine rings is 1.